The van der Waals surface area contributed by atoms with E-state index >= 15 is 0 Å². The fraction of sp³-hybridized carbons (Fsp3) is 0.417. The predicted octanol–water partition coefficient (Wildman–Crippen LogP) is 6.07. The van der Waals surface area contributed by atoms with Crippen molar-refractivity contribution in [2.45, 2.75) is 64.7 Å². The first-order valence-corrected chi connectivity index (χ1v) is 16.2. The number of aryl methyl sites for hydroxylation is 2. The number of carbonyl (C=O) groups excluding carboxylic acids is 1. The first-order chi connectivity index (χ1) is 22.2. The normalized spacial score (nSPS) is 16.5. The Kier molecular flexibility index (Phi) is 11.7. The molecule has 1 atom stereocenters. The van der Waals surface area contributed by atoms with Crippen LogP contribution in [-0.4, -0.2) is 67.3 Å². The fourth-order valence-corrected chi connectivity index (χ4v) is 6.09. The molecule has 10 heteroatoms. The zero-order valence-corrected chi connectivity index (χ0v) is 27.1. The lowest BCUT2D eigenvalue weighted by Crippen LogP contribution is -2.46. The molecule has 1 fully saturated rings. The first kappa shape index (κ1) is 33.9. The van der Waals surface area contributed by atoms with Crippen LogP contribution < -0.4 is 20.1 Å². The van der Waals surface area contributed by atoms with Gasteiger partial charge in [-0.2, -0.15) is 0 Å². The van der Waals surface area contributed by atoms with Crippen LogP contribution in [-0.2, 0) is 17.9 Å². The highest BCUT2D eigenvalue weighted by Crippen LogP contribution is 2.36. The van der Waals surface area contributed by atoms with Crippen LogP contribution in [0.25, 0.3) is 5.57 Å². The average molecular weight is 654 g/mol. The van der Waals surface area contributed by atoms with Crippen LogP contribution in [0.1, 0.15) is 47.1 Å². The zero-order valence-electron chi connectivity index (χ0n) is 26.3. The molecule has 0 radical (unpaired) electrons. The van der Waals surface area contributed by atoms with Crippen molar-refractivity contribution >= 4 is 23.1 Å². The van der Waals surface area contributed by atoms with E-state index in [4.69, 9.17) is 21.1 Å². The van der Waals surface area contributed by atoms with Crippen molar-refractivity contribution in [2.75, 3.05) is 32.9 Å². The molecular weight excluding hydrogens is 612 g/mol. The summed E-state index contributed by atoms with van der Waals surface area (Å²) in [5.41, 5.74) is 6.11. The van der Waals surface area contributed by atoms with Gasteiger partial charge in [0.05, 0.1) is 19.2 Å². The quantitative estimate of drug-likeness (QED) is 0.173. The molecule has 0 unspecified atom stereocenters. The van der Waals surface area contributed by atoms with Crippen molar-refractivity contribution in [1.82, 2.24) is 15.5 Å². The second-order valence-electron chi connectivity index (χ2n) is 11.9. The van der Waals surface area contributed by atoms with E-state index in [-0.39, 0.29) is 31.6 Å². The van der Waals surface area contributed by atoms with Crippen molar-refractivity contribution in [1.29, 1.82) is 0 Å². The number of hydrogen-bond donors (Lipinski definition) is 3. The highest BCUT2D eigenvalue weighted by Gasteiger charge is 2.38. The average Bonchev–Trinajstić information content (AvgIpc) is 3.89. The fourth-order valence-electron chi connectivity index (χ4n) is 5.91. The first-order valence-electron chi connectivity index (χ1n) is 15.8. The molecule has 3 N–H and O–H groups in total. The van der Waals surface area contributed by atoms with Gasteiger partial charge >= 0.3 is 0 Å². The Morgan fingerprint density at radius 1 is 1.07 bits per heavy atom. The Morgan fingerprint density at radius 3 is 2.46 bits per heavy atom. The van der Waals surface area contributed by atoms with E-state index in [0.29, 0.717) is 42.5 Å². The van der Waals surface area contributed by atoms with E-state index in [1.165, 1.54) is 0 Å². The zero-order chi connectivity index (χ0) is 32.6. The molecule has 0 aromatic heterocycles. The third-order valence-electron chi connectivity index (χ3n) is 8.39. The monoisotopic (exact) mass is 653 g/mol. The minimum absolute atomic E-state index is 0.0701. The minimum Gasteiger partial charge on any atom is -0.490 e. The number of rotatable bonds is 15. The van der Waals surface area contributed by atoms with Crippen LogP contribution in [0.5, 0.6) is 11.5 Å². The number of para-hydroxylation sites is 1. The van der Waals surface area contributed by atoms with Crippen LogP contribution in [0.4, 0.5) is 8.78 Å². The standard InChI is InChI=1S/C36H42ClF2N3O4/c1-23-4-3-5-24(2)35(23)46-17-16-45-29-11-7-26(8-12-29)30-14-15-41-32(22-43)34(30)36(44)42(28-9-10-28)21-27-18-25(6-13-31(27)37)19-40-20-33(38)39/h3-8,11-13,18,28,32-33,40-41,43H,9-10,14-17,19-22H2,1-2H3/t32-/m1/s1. The van der Waals surface area contributed by atoms with Crippen molar-refractivity contribution in [2.24, 2.45) is 0 Å². The Hall–Kier alpha value is -3.50. The van der Waals surface area contributed by atoms with Gasteiger partial charge in [0.2, 0.25) is 0 Å². The Morgan fingerprint density at radius 2 is 1.78 bits per heavy atom. The molecule has 3 aromatic carbocycles. The molecule has 1 saturated carbocycles. The maximum atomic E-state index is 14.3. The number of amides is 1. The number of aliphatic hydroxyl groups excluding tert-OH is 1. The van der Waals surface area contributed by atoms with Crippen molar-refractivity contribution in [3.63, 3.8) is 0 Å². The maximum Gasteiger partial charge on any atom is 0.252 e. The van der Waals surface area contributed by atoms with Gasteiger partial charge in [-0.15, -0.1) is 0 Å². The second kappa shape index (κ2) is 15.9. The van der Waals surface area contributed by atoms with Crippen LogP contribution >= 0.6 is 11.6 Å². The molecule has 1 aliphatic carbocycles. The predicted molar refractivity (Wildman–Crippen MR) is 176 cm³/mol. The molecule has 3 aromatic rings. The minimum atomic E-state index is -2.43. The number of nitrogens with one attached hydrogen (secondary N) is 2. The van der Waals surface area contributed by atoms with E-state index in [9.17, 15) is 18.7 Å². The van der Waals surface area contributed by atoms with Gasteiger partial charge in [-0.05, 0) is 91.2 Å². The van der Waals surface area contributed by atoms with Crippen LogP contribution in [0, 0.1) is 13.8 Å². The largest absolute Gasteiger partial charge is 0.490 e. The highest BCUT2D eigenvalue weighted by molar-refractivity contribution is 6.31. The molecular formula is C36H42ClF2N3O4. The summed E-state index contributed by atoms with van der Waals surface area (Å²) in [5, 5.41) is 16.9. The number of nitrogens with zero attached hydrogens (tertiary/aromatic N) is 1. The van der Waals surface area contributed by atoms with Crippen LogP contribution in [0.2, 0.25) is 5.02 Å². The highest BCUT2D eigenvalue weighted by atomic mass is 35.5. The second-order valence-corrected chi connectivity index (χ2v) is 12.3. The summed E-state index contributed by atoms with van der Waals surface area (Å²) in [6, 6.07) is 18.7. The molecule has 1 heterocycles. The third-order valence-corrected chi connectivity index (χ3v) is 8.76. The molecule has 5 rings (SSSR count). The van der Waals surface area contributed by atoms with Gasteiger partial charge in [-0.1, -0.05) is 54.1 Å². The van der Waals surface area contributed by atoms with Gasteiger partial charge in [-0.25, -0.2) is 8.78 Å². The third kappa shape index (κ3) is 8.64. The number of halogens is 3. The molecule has 0 bridgehead atoms. The lowest BCUT2D eigenvalue weighted by atomic mass is 9.88. The number of aliphatic hydroxyl groups is 1. The molecule has 0 saturated heterocycles. The van der Waals surface area contributed by atoms with Gasteiger partial charge in [-0.3, -0.25) is 4.79 Å². The Bertz CT molecular complexity index is 1510. The van der Waals surface area contributed by atoms with E-state index in [0.717, 1.165) is 52.0 Å². The van der Waals surface area contributed by atoms with Gasteiger partial charge in [0.15, 0.2) is 0 Å². The number of ether oxygens (including phenoxy) is 2. The van der Waals surface area contributed by atoms with E-state index in [1.54, 1.807) is 12.1 Å². The number of alkyl halides is 2. The molecule has 1 amide bonds. The number of carbonyl (C=O) groups is 1. The summed E-state index contributed by atoms with van der Waals surface area (Å²) in [6.07, 6.45) is -0.0279. The molecule has 1 aliphatic heterocycles. The molecule has 0 spiro atoms. The van der Waals surface area contributed by atoms with E-state index in [2.05, 4.69) is 10.6 Å². The summed E-state index contributed by atoms with van der Waals surface area (Å²) in [6.45, 7) is 5.43. The lowest BCUT2D eigenvalue weighted by molar-refractivity contribution is -0.128. The van der Waals surface area contributed by atoms with Gasteiger partial charge < -0.3 is 30.1 Å². The van der Waals surface area contributed by atoms with Crippen molar-refractivity contribution < 1.29 is 28.2 Å². The van der Waals surface area contributed by atoms with Crippen molar-refractivity contribution in [3.8, 4) is 11.5 Å². The van der Waals surface area contributed by atoms with Crippen LogP contribution in [0.3, 0.4) is 0 Å². The van der Waals surface area contributed by atoms with Crippen molar-refractivity contribution in [3.05, 3.63) is 99.1 Å². The van der Waals surface area contributed by atoms with Gasteiger partial charge in [0, 0.05) is 29.7 Å². The summed E-state index contributed by atoms with van der Waals surface area (Å²) in [4.78, 5) is 16.2. The number of benzene rings is 3. The smallest absolute Gasteiger partial charge is 0.252 e. The topological polar surface area (TPSA) is 83.1 Å². The lowest BCUT2D eigenvalue weighted by Gasteiger charge is -2.33. The van der Waals surface area contributed by atoms with E-state index < -0.39 is 19.0 Å². The SMILES string of the molecule is Cc1cccc(C)c1OCCOc1ccc(C2=C(C(=O)N(Cc3cc(CNCC(F)F)ccc3Cl)C3CC3)[C@@H](CO)NCC2)cc1. The maximum absolute atomic E-state index is 14.3. The summed E-state index contributed by atoms with van der Waals surface area (Å²) in [7, 11) is 0. The molecule has 46 heavy (non-hydrogen) atoms. The number of hydrogen-bond acceptors (Lipinski definition) is 6. The molecule has 246 valence electrons. The van der Waals surface area contributed by atoms with Gasteiger partial charge in [0.1, 0.15) is 24.7 Å². The van der Waals surface area contributed by atoms with Crippen LogP contribution in [0.15, 0.2) is 66.2 Å². The van der Waals surface area contributed by atoms with E-state index in [1.807, 2.05) is 67.3 Å². The Labute approximate surface area is 274 Å². The molecule has 7 nitrogen and oxygen atoms in total. The molecule has 2 aliphatic rings. The summed E-state index contributed by atoms with van der Waals surface area (Å²) >= 11 is 6.56. The van der Waals surface area contributed by atoms with Gasteiger partial charge in [0.25, 0.3) is 12.3 Å². The summed E-state index contributed by atoms with van der Waals surface area (Å²) < 4.78 is 37.1. The summed E-state index contributed by atoms with van der Waals surface area (Å²) in [5.74, 6) is 1.45. The Balaban J connectivity index is 1.31.